The quantitative estimate of drug-likeness (QED) is 0.617. The monoisotopic (exact) mass is 347 g/mol. The van der Waals surface area contributed by atoms with Crippen molar-refractivity contribution in [2.75, 3.05) is 0 Å². The number of hydrogen-bond donors (Lipinski definition) is 0. The van der Waals surface area contributed by atoms with Crippen molar-refractivity contribution in [1.29, 1.82) is 0 Å². The van der Waals surface area contributed by atoms with Gasteiger partial charge in [0.1, 0.15) is 17.5 Å². The minimum atomic E-state index is -0.935. The summed E-state index contributed by atoms with van der Waals surface area (Å²) in [5, 5.41) is 0. The van der Waals surface area contributed by atoms with Gasteiger partial charge in [0.15, 0.2) is 0 Å². The maximum Gasteiger partial charge on any atom is 0.234 e. The van der Waals surface area contributed by atoms with Crippen molar-refractivity contribution in [3.63, 3.8) is 0 Å². The number of aromatic nitrogens is 3. The van der Waals surface area contributed by atoms with Gasteiger partial charge in [0.05, 0.1) is 11.3 Å². The van der Waals surface area contributed by atoms with Gasteiger partial charge >= 0.3 is 0 Å². The van der Waals surface area contributed by atoms with Crippen LogP contribution in [0.4, 0.5) is 13.2 Å². The zero-order valence-electron chi connectivity index (χ0n) is 14.5. The van der Waals surface area contributed by atoms with Crippen LogP contribution in [-0.4, -0.2) is 14.4 Å². The molecule has 3 nitrogen and oxygen atoms in total. The fourth-order valence-electron chi connectivity index (χ4n) is 3.38. The van der Waals surface area contributed by atoms with Gasteiger partial charge in [0, 0.05) is 41.7 Å². The van der Waals surface area contributed by atoms with E-state index >= 15 is 0 Å². The van der Waals surface area contributed by atoms with Crippen LogP contribution in [0.1, 0.15) is 50.4 Å². The first kappa shape index (κ1) is 17.5. The van der Waals surface area contributed by atoms with Crippen LogP contribution >= 0.6 is 0 Å². The molecule has 132 valence electrons. The summed E-state index contributed by atoms with van der Waals surface area (Å²) in [4.78, 5) is 8.81. The topological polar surface area (TPSA) is 30.2 Å². The van der Waals surface area contributed by atoms with E-state index in [4.69, 9.17) is 0 Å². The van der Waals surface area contributed by atoms with Crippen LogP contribution in [0.25, 0.3) is 16.9 Å². The Morgan fingerprint density at radius 2 is 1.76 bits per heavy atom. The van der Waals surface area contributed by atoms with Gasteiger partial charge in [-0.05, 0) is 19.8 Å². The van der Waals surface area contributed by atoms with Gasteiger partial charge in [-0.25, -0.2) is 23.1 Å². The molecule has 3 aromatic rings. The second-order valence-corrected chi connectivity index (χ2v) is 6.19. The number of imidazole rings is 1. The lowest BCUT2D eigenvalue weighted by Crippen LogP contribution is -2.10. The van der Waals surface area contributed by atoms with Crippen molar-refractivity contribution in [3.05, 3.63) is 53.4 Å². The molecule has 0 aliphatic carbocycles. The second kappa shape index (κ2) is 6.86. The Bertz CT molecular complexity index is 895. The molecule has 0 aliphatic rings. The molecule has 0 fully saturated rings. The highest BCUT2D eigenvalue weighted by Gasteiger charge is 2.25. The first-order chi connectivity index (χ1) is 12.0. The van der Waals surface area contributed by atoms with Crippen LogP contribution in [0.5, 0.6) is 0 Å². The van der Waals surface area contributed by atoms with Gasteiger partial charge in [0.25, 0.3) is 0 Å². The number of hydrogen-bond acceptors (Lipinski definition) is 2. The Morgan fingerprint density at radius 1 is 1.08 bits per heavy atom. The Morgan fingerprint density at radius 3 is 2.36 bits per heavy atom. The zero-order chi connectivity index (χ0) is 18.1. The average molecular weight is 347 g/mol. The van der Waals surface area contributed by atoms with E-state index in [0.29, 0.717) is 34.9 Å². The van der Waals surface area contributed by atoms with Crippen molar-refractivity contribution in [3.8, 4) is 11.1 Å². The molecule has 0 aliphatic heterocycles. The molecule has 0 saturated carbocycles. The SMILES string of the molecule is CCCC(CC)c1nc2nccn2c(C)c1-c1c(F)cc(F)cc1F. The Balaban J connectivity index is 2.38. The van der Waals surface area contributed by atoms with E-state index in [2.05, 4.69) is 16.9 Å². The standard InChI is InChI=1S/C19H20F3N3/c1-4-6-12(5-2)18-16(11(3)25-8-7-23-19(25)24-18)17-14(21)9-13(20)10-15(17)22/h7-10,12H,4-6H2,1-3H3. The minimum Gasteiger partial charge on any atom is -0.288 e. The lowest BCUT2D eigenvalue weighted by atomic mass is 9.89. The van der Waals surface area contributed by atoms with Crippen molar-refractivity contribution in [1.82, 2.24) is 14.4 Å². The molecule has 3 rings (SSSR count). The van der Waals surface area contributed by atoms with E-state index in [1.165, 1.54) is 0 Å². The van der Waals surface area contributed by atoms with Crippen LogP contribution < -0.4 is 0 Å². The lowest BCUT2D eigenvalue weighted by molar-refractivity contribution is 0.544. The predicted octanol–water partition coefficient (Wildman–Crippen LogP) is 5.42. The normalized spacial score (nSPS) is 12.7. The fraction of sp³-hybridized carbons (Fsp3) is 0.368. The maximum absolute atomic E-state index is 14.5. The van der Waals surface area contributed by atoms with E-state index in [0.717, 1.165) is 19.3 Å². The van der Waals surface area contributed by atoms with E-state index < -0.39 is 17.5 Å². The van der Waals surface area contributed by atoms with Crippen LogP contribution in [0.2, 0.25) is 0 Å². The van der Waals surface area contributed by atoms with Crippen molar-refractivity contribution < 1.29 is 13.2 Å². The summed E-state index contributed by atoms with van der Waals surface area (Å²) < 4.78 is 44.1. The summed E-state index contributed by atoms with van der Waals surface area (Å²) in [6, 6.07) is 1.42. The van der Waals surface area contributed by atoms with Gasteiger partial charge in [-0.1, -0.05) is 20.3 Å². The molecule has 1 atom stereocenters. The van der Waals surface area contributed by atoms with Gasteiger partial charge in [-0.2, -0.15) is 0 Å². The smallest absolute Gasteiger partial charge is 0.234 e. The number of nitrogens with zero attached hydrogens (tertiary/aromatic N) is 3. The molecule has 0 N–H and O–H groups in total. The van der Waals surface area contributed by atoms with Gasteiger partial charge in [-0.3, -0.25) is 4.40 Å². The highest BCUT2D eigenvalue weighted by atomic mass is 19.1. The molecule has 0 amide bonds. The Hall–Kier alpha value is -2.37. The molecular weight excluding hydrogens is 327 g/mol. The summed E-state index contributed by atoms with van der Waals surface area (Å²) in [6.07, 6.45) is 5.85. The third-order valence-electron chi connectivity index (χ3n) is 4.59. The van der Waals surface area contributed by atoms with E-state index in [1.807, 2.05) is 6.92 Å². The van der Waals surface area contributed by atoms with Gasteiger partial charge in [-0.15, -0.1) is 0 Å². The number of rotatable bonds is 5. The van der Waals surface area contributed by atoms with Crippen LogP contribution in [0, 0.1) is 24.4 Å². The lowest BCUT2D eigenvalue weighted by Gasteiger charge is -2.21. The zero-order valence-corrected chi connectivity index (χ0v) is 14.5. The largest absolute Gasteiger partial charge is 0.288 e. The fourth-order valence-corrected chi connectivity index (χ4v) is 3.38. The van der Waals surface area contributed by atoms with Crippen LogP contribution in [-0.2, 0) is 0 Å². The predicted molar refractivity (Wildman–Crippen MR) is 91.0 cm³/mol. The third kappa shape index (κ3) is 3.01. The van der Waals surface area contributed by atoms with Crippen LogP contribution in [0.3, 0.4) is 0 Å². The van der Waals surface area contributed by atoms with Crippen molar-refractivity contribution in [2.24, 2.45) is 0 Å². The number of benzene rings is 1. The molecule has 1 unspecified atom stereocenters. The number of aryl methyl sites for hydroxylation is 1. The summed E-state index contributed by atoms with van der Waals surface area (Å²) in [5.41, 5.74) is 1.41. The van der Waals surface area contributed by atoms with E-state index in [-0.39, 0.29) is 11.5 Å². The molecule has 2 heterocycles. The van der Waals surface area contributed by atoms with Crippen LogP contribution in [0.15, 0.2) is 24.5 Å². The molecule has 0 radical (unpaired) electrons. The molecule has 0 spiro atoms. The highest BCUT2D eigenvalue weighted by Crippen LogP contribution is 2.37. The Kier molecular flexibility index (Phi) is 4.79. The van der Waals surface area contributed by atoms with Gasteiger partial charge in [0.2, 0.25) is 5.78 Å². The van der Waals surface area contributed by atoms with Crippen molar-refractivity contribution in [2.45, 2.75) is 46.0 Å². The molecule has 1 aromatic carbocycles. The van der Waals surface area contributed by atoms with E-state index in [1.54, 1.807) is 23.7 Å². The highest BCUT2D eigenvalue weighted by molar-refractivity contribution is 5.71. The first-order valence-electron chi connectivity index (χ1n) is 8.46. The summed E-state index contributed by atoms with van der Waals surface area (Å²) in [5.74, 6) is -2.24. The molecule has 0 bridgehead atoms. The maximum atomic E-state index is 14.5. The first-order valence-corrected chi connectivity index (χ1v) is 8.46. The van der Waals surface area contributed by atoms with E-state index in [9.17, 15) is 13.2 Å². The summed E-state index contributed by atoms with van der Waals surface area (Å²) in [6.45, 7) is 5.85. The van der Waals surface area contributed by atoms with Gasteiger partial charge < -0.3 is 0 Å². The average Bonchev–Trinajstić information content (AvgIpc) is 3.02. The molecular formula is C19H20F3N3. The molecule has 2 aromatic heterocycles. The molecule has 25 heavy (non-hydrogen) atoms. The Labute approximate surface area is 144 Å². The third-order valence-corrected chi connectivity index (χ3v) is 4.59. The number of halogens is 3. The second-order valence-electron chi connectivity index (χ2n) is 6.19. The minimum absolute atomic E-state index is 0.0456. The summed E-state index contributed by atoms with van der Waals surface area (Å²) in [7, 11) is 0. The summed E-state index contributed by atoms with van der Waals surface area (Å²) >= 11 is 0. The molecule has 0 saturated heterocycles. The molecule has 6 heteroatoms. The van der Waals surface area contributed by atoms with Crippen molar-refractivity contribution >= 4 is 5.78 Å². The number of fused-ring (bicyclic) bond motifs is 1.